The molecular formula is C12H20N4O. The van der Waals surface area contributed by atoms with Crippen molar-refractivity contribution in [3.8, 4) is 0 Å². The summed E-state index contributed by atoms with van der Waals surface area (Å²) in [7, 11) is 0. The van der Waals surface area contributed by atoms with Crippen LogP contribution in [0.15, 0.2) is 6.20 Å². The smallest absolute Gasteiger partial charge is 0.266 e. The van der Waals surface area contributed by atoms with Crippen molar-refractivity contribution >= 4 is 5.91 Å². The molecule has 2 rings (SSSR count). The lowest BCUT2D eigenvalue weighted by Gasteiger charge is -2.26. The van der Waals surface area contributed by atoms with Gasteiger partial charge in [0.1, 0.15) is 5.69 Å². The molecule has 0 radical (unpaired) electrons. The number of hydrogen-bond donors (Lipinski definition) is 2. The van der Waals surface area contributed by atoms with Crippen LogP contribution in [0.25, 0.3) is 0 Å². The predicted octanol–water partition coefficient (Wildman–Crippen LogP) is 0.927. The summed E-state index contributed by atoms with van der Waals surface area (Å²) in [6, 6.07) is 0. The third kappa shape index (κ3) is 3.30. The van der Waals surface area contributed by atoms with E-state index in [1.807, 2.05) is 0 Å². The summed E-state index contributed by atoms with van der Waals surface area (Å²) >= 11 is 0. The first-order valence-corrected chi connectivity index (χ1v) is 6.32. The largest absolute Gasteiger partial charge is 0.364 e. The van der Waals surface area contributed by atoms with Crippen LogP contribution in [0.5, 0.6) is 0 Å². The van der Waals surface area contributed by atoms with Crippen molar-refractivity contribution in [3.05, 3.63) is 17.5 Å². The third-order valence-electron chi connectivity index (χ3n) is 3.33. The van der Waals surface area contributed by atoms with E-state index in [0.29, 0.717) is 5.69 Å². The van der Waals surface area contributed by atoms with Crippen molar-refractivity contribution in [3.63, 3.8) is 0 Å². The van der Waals surface area contributed by atoms with E-state index in [2.05, 4.69) is 15.1 Å². The second kappa shape index (κ2) is 5.82. The van der Waals surface area contributed by atoms with Gasteiger partial charge in [0.15, 0.2) is 0 Å². The summed E-state index contributed by atoms with van der Waals surface area (Å²) in [6.07, 6.45) is 7.63. The number of nitrogens with zero attached hydrogens (tertiary/aromatic N) is 2. The lowest BCUT2D eigenvalue weighted by molar-refractivity contribution is 0.0994. The van der Waals surface area contributed by atoms with Gasteiger partial charge >= 0.3 is 0 Å². The molecule has 0 bridgehead atoms. The number of carbonyl (C=O) groups is 1. The molecule has 1 amide bonds. The highest BCUT2D eigenvalue weighted by molar-refractivity contribution is 5.92. The number of hydrogen-bond acceptors (Lipinski definition) is 3. The second-order valence-corrected chi connectivity index (χ2v) is 4.64. The molecule has 5 nitrogen and oxygen atoms in total. The Morgan fingerprint density at radius 1 is 1.41 bits per heavy atom. The number of likely N-dealkylation sites (tertiary alicyclic amines) is 1. The molecule has 1 aliphatic heterocycles. The summed E-state index contributed by atoms with van der Waals surface area (Å²) in [5.41, 5.74) is 6.65. The Balaban J connectivity index is 1.77. The van der Waals surface area contributed by atoms with Gasteiger partial charge < -0.3 is 10.6 Å². The zero-order valence-electron chi connectivity index (χ0n) is 10.1. The highest BCUT2D eigenvalue weighted by Gasteiger charge is 2.12. The molecule has 3 N–H and O–H groups in total. The number of rotatable bonds is 5. The molecule has 1 aromatic heterocycles. The maximum Gasteiger partial charge on any atom is 0.266 e. The maximum atomic E-state index is 11.1. The van der Waals surface area contributed by atoms with E-state index in [9.17, 15) is 4.79 Å². The average Bonchev–Trinajstić information content (AvgIpc) is 2.79. The fraction of sp³-hybridized carbons (Fsp3) is 0.667. The summed E-state index contributed by atoms with van der Waals surface area (Å²) in [5, 5.41) is 6.52. The Kier molecular flexibility index (Phi) is 4.14. The number of primary amides is 1. The maximum absolute atomic E-state index is 11.1. The van der Waals surface area contributed by atoms with Crippen molar-refractivity contribution in [2.24, 2.45) is 5.73 Å². The quantitative estimate of drug-likeness (QED) is 0.798. The first-order chi connectivity index (χ1) is 8.27. The molecule has 0 aromatic carbocycles. The van der Waals surface area contributed by atoms with Gasteiger partial charge in [0.2, 0.25) is 0 Å². The van der Waals surface area contributed by atoms with Crippen LogP contribution in [-0.2, 0) is 6.42 Å². The fourth-order valence-electron chi connectivity index (χ4n) is 2.39. The van der Waals surface area contributed by atoms with Gasteiger partial charge in [-0.3, -0.25) is 9.89 Å². The van der Waals surface area contributed by atoms with Gasteiger partial charge in [-0.2, -0.15) is 5.10 Å². The van der Waals surface area contributed by atoms with Gasteiger partial charge in [-0.05, 0) is 45.3 Å². The lowest BCUT2D eigenvalue weighted by Crippen LogP contribution is -2.30. The Labute approximate surface area is 101 Å². The molecule has 2 heterocycles. The Hall–Kier alpha value is -1.36. The number of nitrogens with two attached hydrogens (primary N) is 1. The average molecular weight is 236 g/mol. The molecule has 0 spiro atoms. The number of carbonyl (C=O) groups excluding carboxylic acids is 1. The summed E-state index contributed by atoms with van der Waals surface area (Å²) in [5.74, 6) is -0.421. The van der Waals surface area contributed by atoms with Crippen LogP contribution in [-0.4, -0.2) is 40.6 Å². The number of H-pyrrole nitrogens is 1. The Morgan fingerprint density at radius 2 is 2.18 bits per heavy atom. The van der Waals surface area contributed by atoms with Crippen molar-refractivity contribution in [1.82, 2.24) is 15.1 Å². The Bertz CT molecular complexity index is 368. The van der Waals surface area contributed by atoms with Crippen LogP contribution in [0, 0.1) is 0 Å². The van der Waals surface area contributed by atoms with Crippen molar-refractivity contribution in [1.29, 1.82) is 0 Å². The molecule has 0 atom stereocenters. The van der Waals surface area contributed by atoms with E-state index in [1.54, 1.807) is 6.20 Å². The monoisotopic (exact) mass is 236 g/mol. The van der Waals surface area contributed by atoms with E-state index in [1.165, 1.54) is 32.4 Å². The van der Waals surface area contributed by atoms with Crippen LogP contribution < -0.4 is 5.73 Å². The number of amides is 1. The molecule has 0 aliphatic carbocycles. The zero-order valence-corrected chi connectivity index (χ0v) is 10.1. The number of aromatic amines is 1. The van der Waals surface area contributed by atoms with Gasteiger partial charge in [0.25, 0.3) is 5.91 Å². The lowest BCUT2D eigenvalue weighted by atomic mass is 10.1. The molecule has 1 aliphatic rings. The van der Waals surface area contributed by atoms with Crippen molar-refractivity contribution in [2.45, 2.75) is 32.1 Å². The van der Waals surface area contributed by atoms with E-state index < -0.39 is 5.91 Å². The molecule has 1 aromatic rings. The van der Waals surface area contributed by atoms with Crippen LogP contribution in [0.2, 0.25) is 0 Å². The van der Waals surface area contributed by atoms with Gasteiger partial charge in [-0.15, -0.1) is 0 Å². The minimum atomic E-state index is -0.421. The molecular weight excluding hydrogens is 216 g/mol. The van der Waals surface area contributed by atoms with E-state index in [-0.39, 0.29) is 0 Å². The van der Waals surface area contributed by atoms with Gasteiger partial charge in [0.05, 0.1) is 6.20 Å². The van der Waals surface area contributed by atoms with Crippen LogP contribution in [0.4, 0.5) is 0 Å². The first kappa shape index (κ1) is 12.1. The van der Waals surface area contributed by atoms with Gasteiger partial charge in [0, 0.05) is 5.56 Å². The first-order valence-electron chi connectivity index (χ1n) is 6.32. The third-order valence-corrected chi connectivity index (χ3v) is 3.33. The van der Waals surface area contributed by atoms with Gasteiger partial charge in [-0.25, -0.2) is 0 Å². The number of aryl methyl sites for hydroxylation is 1. The minimum absolute atomic E-state index is 0.421. The summed E-state index contributed by atoms with van der Waals surface area (Å²) in [4.78, 5) is 13.6. The standard InChI is InChI=1S/C12H20N4O/c13-12(17)11-10(9-14-15-11)5-4-8-16-6-2-1-3-7-16/h9H,1-8H2,(H2,13,17)(H,14,15). The molecule has 0 unspecified atom stereocenters. The Morgan fingerprint density at radius 3 is 2.88 bits per heavy atom. The van der Waals surface area contributed by atoms with Crippen LogP contribution in [0.3, 0.4) is 0 Å². The van der Waals surface area contributed by atoms with Crippen LogP contribution in [0.1, 0.15) is 41.7 Å². The molecule has 1 saturated heterocycles. The van der Waals surface area contributed by atoms with Crippen molar-refractivity contribution in [2.75, 3.05) is 19.6 Å². The number of nitrogens with one attached hydrogen (secondary N) is 1. The molecule has 0 saturated carbocycles. The molecule has 1 fully saturated rings. The minimum Gasteiger partial charge on any atom is -0.364 e. The summed E-state index contributed by atoms with van der Waals surface area (Å²) < 4.78 is 0. The topological polar surface area (TPSA) is 75.0 Å². The SMILES string of the molecule is NC(=O)c1[nH]ncc1CCCN1CCCCC1. The number of aromatic nitrogens is 2. The van der Waals surface area contributed by atoms with Crippen molar-refractivity contribution < 1.29 is 4.79 Å². The highest BCUT2D eigenvalue weighted by atomic mass is 16.1. The number of piperidine rings is 1. The fourth-order valence-corrected chi connectivity index (χ4v) is 2.39. The molecule has 5 heteroatoms. The normalized spacial score (nSPS) is 17.2. The highest BCUT2D eigenvalue weighted by Crippen LogP contribution is 2.11. The summed E-state index contributed by atoms with van der Waals surface area (Å²) in [6.45, 7) is 3.53. The van der Waals surface area contributed by atoms with Crippen LogP contribution >= 0.6 is 0 Å². The zero-order chi connectivity index (χ0) is 12.1. The second-order valence-electron chi connectivity index (χ2n) is 4.64. The molecule has 17 heavy (non-hydrogen) atoms. The van der Waals surface area contributed by atoms with E-state index in [0.717, 1.165) is 24.9 Å². The van der Waals surface area contributed by atoms with Gasteiger partial charge in [-0.1, -0.05) is 6.42 Å². The van der Waals surface area contributed by atoms with E-state index in [4.69, 9.17) is 5.73 Å². The predicted molar refractivity (Wildman–Crippen MR) is 65.7 cm³/mol. The van der Waals surface area contributed by atoms with E-state index >= 15 is 0 Å². The molecule has 94 valence electrons.